The zero-order valence-corrected chi connectivity index (χ0v) is 12.2. The molecule has 3 aliphatic rings. The minimum Gasteiger partial charge on any atom is -0.271 e. The second-order valence-electron chi connectivity index (χ2n) is 6.57. The summed E-state index contributed by atoms with van der Waals surface area (Å²) in [6, 6.07) is 0. The highest BCUT2D eigenvalue weighted by Crippen LogP contribution is 2.51. The highest BCUT2D eigenvalue weighted by atomic mass is 32.2. The first-order chi connectivity index (χ1) is 9.25. The molecule has 1 aliphatic heterocycles. The summed E-state index contributed by atoms with van der Waals surface area (Å²) in [7, 11) is 0. The van der Waals surface area contributed by atoms with Crippen LogP contribution in [0.3, 0.4) is 0 Å². The lowest BCUT2D eigenvalue weighted by Crippen LogP contribution is -2.33. The Hall–Kier alpha value is -0.520. The van der Waals surface area contributed by atoms with E-state index in [2.05, 4.69) is 4.99 Å². The molecule has 112 valence electrons. The van der Waals surface area contributed by atoms with Crippen molar-refractivity contribution in [2.75, 3.05) is 0 Å². The number of nitrogens with zero attached hydrogens (tertiary/aromatic N) is 1. The fourth-order valence-electron chi connectivity index (χ4n) is 3.99. The van der Waals surface area contributed by atoms with E-state index in [0.717, 1.165) is 24.1 Å². The molecule has 0 aromatic carbocycles. The topological polar surface area (TPSA) is 29.4 Å². The number of fused-ring (bicyclic) bond motifs is 2. The van der Waals surface area contributed by atoms with Crippen molar-refractivity contribution in [3.63, 3.8) is 0 Å². The van der Waals surface area contributed by atoms with Crippen molar-refractivity contribution in [3.05, 3.63) is 0 Å². The Balaban J connectivity index is 1.63. The third kappa shape index (κ3) is 2.76. The van der Waals surface area contributed by atoms with E-state index < -0.39 is 23.3 Å². The SMILES string of the molecule is C[C@]1(CC(F)(F)F)SC(C[C@H]2C[C@@H]3CC[C@H]2C3)=NC1=O. The van der Waals surface area contributed by atoms with E-state index in [0.29, 0.717) is 23.3 Å². The summed E-state index contributed by atoms with van der Waals surface area (Å²) in [5, 5.41) is 0.624. The summed E-state index contributed by atoms with van der Waals surface area (Å²) < 4.78 is 36.3. The molecule has 20 heavy (non-hydrogen) atoms. The average Bonchev–Trinajstić information content (AvgIpc) is 2.92. The Morgan fingerprint density at radius 2 is 2.10 bits per heavy atom. The fourth-order valence-corrected chi connectivity index (χ4v) is 5.31. The van der Waals surface area contributed by atoms with Gasteiger partial charge in [0.15, 0.2) is 0 Å². The van der Waals surface area contributed by atoms with Crippen LogP contribution in [0.15, 0.2) is 4.99 Å². The number of aliphatic imine (C=N–C) groups is 1. The van der Waals surface area contributed by atoms with E-state index in [1.807, 2.05) is 0 Å². The minimum atomic E-state index is -4.32. The smallest absolute Gasteiger partial charge is 0.271 e. The average molecular weight is 305 g/mol. The molecule has 6 heteroatoms. The van der Waals surface area contributed by atoms with Crippen LogP contribution in [-0.2, 0) is 4.79 Å². The fraction of sp³-hybridized carbons (Fsp3) is 0.857. The van der Waals surface area contributed by atoms with Crippen molar-refractivity contribution in [2.24, 2.45) is 22.7 Å². The molecule has 2 nitrogen and oxygen atoms in total. The van der Waals surface area contributed by atoms with Crippen LogP contribution in [0.1, 0.15) is 45.4 Å². The number of amides is 1. The van der Waals surface area contributed by atoms with Crippen LogP contribution >= 0.6 is 11.8 Å². The number of carbonyl (C=O) groups is 1. The Bertz CT molecular complexity index is 462. The summed E-state index contributed by atoms with van der Waals surface area (Å²) in [6.45, 7) is 1.37. The quantitative estimate of drug-likeness (QED) is 0.782. The molecule has 2 saturated carbocycles. The summed E-state index contributed by atoms with van der Waals surface area (Å²) in [4.78, 5) is 15.7. The first-order valence-corrected chi connectivity index (χ1v) is 7.94. The largest absolute Gasteiger partial charge is 0.390 e. The molecule has 1 heterocycles. The predicted molar refractivity (Wildman–Crippen MR) is 72.7 cm³/mol. The Morgan fingerprint density at radius 3 is 2.65 bits per heavy atom. The van der Waals surface area contributed by atoms with Gasteiger partial charge >= 0.3 is 6.18 Å². The molecule has 0 radical (unpaired) electrons. The number of alkyl halides is 3. The molecule has 0 aromatic rings. The Morgan fingerprint density at radius 1 is 1.35 bits per heavy atom. The van der Waals surface area contributed by atoms with Crippen molar-refractivity contribution >= 4 is 22.7 Å². The van der Waals surface area contributed by atoms with E-state index in [1.165, 1.54) is 26.2 Å². The number of halogens is 3. The van der Waals surface area contributed by atoms with Crippen molar-refractivity contribution in [3.8, 4) is 0 Å². The summed E-state index contributed by atoms with van der Waals surface area (Å²) >= 11 is 1.04. The standard InChI is InChI=1S/C14H18F3NOS/c1-13(7-14(15,16)17)12(19)18-11(20-13)6-10-5-8-2-3-9(10)4-8/h8-10H,2-7H2,1H3/t8-,9+,10-,13-/m1/s1. The maximum Gasteiger partial charge on any atom is 0.390 e. The van der Waals surface area contributed by atoms with Crippen molar-refractivity contribution in [2.45, 2.75) is 56.4 Å². The molecule has 3 rings (SSSR count). The normalized spacial score (nSPS) is 40.5. The molecular weight excluding hydrogens is 287 g/mol. The van der Waals surface area contributed by atoms with Gasteiger partial charge in [0.1, 0.15) is 4.75 Å². The molecule has 2 bridgehead atoms. The lowest BCUT2D eigenvalue weighted by molar-refractivity contribution is -0.147. The van der Waals surface area contributed by atoms with Crippen LogP contribution in [0.2, 0.25) is 0 Å². The van der Waals surface area contributed by atoms with E-state index in [9.17, 15) is 18.0 Å². The second kappa shape index (κ2) is 4.75. The number of thioether (sulfide) groups is 1. The van der Waals surface area contributed by atoms with Gasteiger partial charge in [-0.3, -0.25) is 4.79 Å². The van der Waals surface area contributed by atoms with Crippen LogP contribution in [0.4, 0.5) is 13.2 Å². The van der Waals surface area contributed by atoms with Gasteiger partial charge in [-0.25, -0.2) is 4.99 Å². The van der Waals surface area contributed by atoms with Gasteiger partial charge in [0.25, 0.3) is 5.91 Å². The van der Waals surface area contributed by atoms with Crippen LogP contribution in [0.5, 0.6) is 0 Å². The zero-order chi connectivity index (χ0) is 14.5. The molecule has 0 saturated heterocycles. The van der Waals surface area contributed by atoms with Crippen molar-refractivity contribution < 1.29 is 18.0 Å². The van der Waals surface area contributed by atoms with E-state index in [4.69, 9.17) is 0 Å². The van der Waals surface area contributed by atoms with Gasteiger partial charge in [-0.1, -0.05) is 18.2 Å². The highest BCUT2D eigenvalue weighted by Gasteiger charge is 2.50. The highest BCUT2D eigenvalue weighted by molar-refractivity contribution is 8.16. The Kier molecular flexibility index (Phi) is 3.42. The molecule has 0 aromatic heterocycles. The molecule has 0 spiro atoms. The van der Waals surface area contributed by atoms with Gasteiger partial charge in [-0.2, -0.15) is 13.2 Å². The number of rotatable bonds is 3. The molecular formula is C14H18F3NOS. The first-order valence-electron chi connectivity index (χ1n) is 7.13. The van der Waals surface area contributed by atoms with E-state index in [1.54, 1.807) is 0 Å². The molecule has 1 amide bonds. The molecule has 0 N–H and O–H groups in total. The lowest BCUT2D eigenvalue weighted by Gasteiger charge is -2.23. The number of hydrogen-bond donors (Lipinski definition) is 0. The number of carbonyl (C=O) groups excluding carboxylic acids is 1. The maximum atomic E-state index is 12.6. The van der Waals surface area contributed by atoms with Crippen LogP contribution in [0.25, 0.3) is 0 Å². The number of hydrogen-bond acceptors (Lipinski definition) is 2. The third-order valence-electron chi connectivity index (χ3n) is 4.88. The van der Waals surface area contributed by atoms with Gasteiger partial charge in [0, 0.05) is 0 Å². The summed E-state index contributed by atoms with van der Waals surface area (Å²) in [6.07, 6.45) is 0.240. The van der Waals surface area contributed by atoms with Gasteiger partial charge in [-0.15, -0.1) is 0 Å². The van der Waals surface area contributed by atoms with Crippen molar-refractivity contribution in [1.29, 1.82) is 0 Å². The minimum absolute atomic E-state index is 0.529. The second-order valence-corrected chi connectivity index (χ2v) is 8.15. The molecule has 0 unspecified atom stereocenters. The monoisotopic (exact) mass is 305 g/mol. The summed E-state index contributed by atoms with van der Waals surface area (Å²) in [5.41, 5.74) is 0. The van der Waals surface area contributed by atoms with Gasteiger partial charge in [0.2, 0.25) is 0 Å². The van der Waals surface area contributed by atoms with Crippen LogP contribution in [-0.4, -0.2) is 21.9 Å². The van der Waals surface area contributed by atoms with Gasteiger partial charge in [0.05, 0.1) is 11.5 Å². The predicted octanol–water partition coefficient (Wildman–Crippen LogP) is 4.20. The maximum absolute atomic E-state index is 12.6. The first kappa shape index (κ1) is 14.4. The summed E-state index contributed by atoms with van der Waals surface area (Å²) in [5.74, 6) is 1.42. The van der Waals surface area contributed by atoms with Crippen LogP contribution in [0, 0.1) is 17.8 Å². The lowest BCUT2D eigenvalue weighted by atomic mass is 9.87. The van der Waals surface area contributed by atoms with Gasteiger partial charge in [-0.05, 0) is 50.4 Å². The van der Waals surface area contributed by atoms with Gasteiger partial charge < -0.3 is 0 Å². The third-order valence-corrected chi connectivity index (χ3v) is 6.14. The molecule has 2 fully saturated rings. The zero-order valence-electron chi connectivity index (χ0n) is 11.4. The van der Waals surface area contributed by atoms with Crippen molar-refractivity contribution in [1.82, 2.24) is 0 Å². The molecule has 4 atom stereocenters. The Labute approximate surface area is 120 Å². The molecule has 2 aliphatic carbocycles. The van der Waals surface area contributed by atoms with E-state index in [-0.39, 0.29) is 0 Å². The van der Waals surface area contributed by atoms with Crippen LogP contribution < -0.4 is 0 Å². The van der Waals surface area contributed by atoms with E-state index >= 15 is 0 Å².